The van der Waals surface area contributed by atoms with Gasteiger partial charge in [0.1, 0.15) is 0 Å². The van der Waals surface area contributed by atoms with Gasteiger partial charge in [0, 0.05) is 30.5 Å². The van der Waals surface area contributed by atoms with E-state index in [9.17, 15) is 4.79 Å². The van der Waals surface area contributed by atoms with E-state index in [-0.39, 0.29) is 5.91 Å². The number of piperidine rings is 1. The highest BCUT2D eigenvalue weighted by molar-refractivity contribution is 9.10. The monoisotopic (exact) mass is 350 g/mol. The predicted molar refractivity (Wildman–Crippen MR) is 86.9 cm³/mol. The highest BCUT2D eigenvalue weighted by Crippen LogP contribution is 2.22. The van der Waals surface area contributed by atoms with Crippen LogP contribution in [0, 0.1) is 0 Å². The van der Waals surface area contributed by atoms with Crippen molar-refractivity contribution in [1.82, 2.24) is 14.5 Å². The van der Waals surface area contributed by atoms with Crippen LogP contribution in [0.15, 0.2) is 22.7 Å². The highest BCUT2D eigenvalue weighted by Gasteiger charge is 2.17. The van der Waals surface area contributed by atoms with Crippen molar-refractivity contribution in [2.45, 2.75) is 32.2 Å². The molecule has 0 spiro atoms. The third-order valence-corrected chi connectivity index (χ3v) is 4.49. The first-order valence-corrected chi connectivity index (χ1v) is 8.13. The average Bonchev–Trinajstić information content (AvgIpc) is 2.80. The number of nitrogens with zero attached hydrogens (tertiary/aromatic N) is 3. The molecule has 2 N–H and O–H groups in total. The molecule has 6 heteroatoms. The molecule has 1 aliphatic heterocycles. The van der Waals surface area contributed by atoms with Gasteiger partial charge in [0.25, 0.3) is 0 Å². The first kappa shape index (κ1) is 14.4. The Morgan fingerprint density at radius 2 is 2.05 bits per heavy atom. The number of carbonyl (C=O) groups excluding carboxylic acids is 1. The first-order valence-electron chi connectivity index (χ1n) is 7.34. The van der Waals surface area contributed by atoms with Gasteiger partial charge in [0.05, 0.1) is 11.0 Å². The van der Waals surface area contributed by atoms with Crippen LogP contribution in [0.1, 0.15) is 25.7 Å². The van der Waals surface area contributed by atoms with Gasteiger partial charge < -0.3 is 15.2 Å². The standard InChI is InChI=1S/C15H19BrN4O/c16-11-4-5-13-12(10-11)18-15(17)20(13)9-6-14(21)19-7-2-1-3-8-19/h4-5,10H,1-3,6-9H2,(H2,17,18). The molecular weight excluding hydrogens is 332 g/mol. The van der Waals surface area contributed by atoms with Gasteiger partial charge in [0.15, 0.2) is 0 Å². The third kappa shape index (κ3) is 3.05. The number of halogens is 1. The normalized spacial score (nSPS) is 15.6. The molecule has 5 nitrogen and oxygen atoms in total. The van der Waals surface area contributed by atoms with Gasteiger partial charge in [-0.3, -0.25) is 4.79 Å². The third-order valence-electron chi connectivity index (χ3n) is 4.00. The van der Waals surface area contributed by atoms with E-state index in [1.54, 1.807) is 0 Å². The Bertz CT molecular complexity index is 661. The smallest absolute Gasteiger partial charge is 0.224 e. The van der Waals surface area contributed by atoms with Gasteiger partial charge in [0.2, 0.25) is 11.9 Å². The zero-order valence-electron chi connectivity index (χ0n) is 11.9. The zero-order chi connectivity index (χ0) is 14.8. The first-order chi connectivity index (χ1) is 10.1. The summed E-state index contributed by atoms with van der Waals surface area (Å²) in [6.07, 6.45) is 3.95. The number of aryl methyl sites for hydroxylation is 1. The van der Waals surface area contributed by atoms with Crippen LogP contribution in [0.5, 0.6) is 0 Å². The van der Waals surface area contributed by atoms with Crippen molar-refractivity contribution in [2.75, 3.05) is 18.8 Å². The number of rotatable bonds is 3. The van der Waals surface area contributed by atoms with Crippen molar-refractivity contribution in [1.29, 1.82) is 0 Å². The van der Waals surface area contributed by atoms with Crippen LogP contribution < -0.4 is 5.73 Å². The Morgan fingerprint density at radius 1 is 1.29 bits per heavy atom. The molecule has 1 aromatic heterocycles. The predicted octanol–water partition coefficient (Wildman–Crippen LogP) is 2.78. The summed E-state index contributed by atoms with van der Waals surface area (Å²) in [7, 11) is 0. The number of likely N-dealkylation sites (tertiary alicyclic amines) is 1. The van der Waals surface area contributed by atoms with Crippen LogP contribution in [-0.2, 0) is 11.3 Å². The number of benzene rings is 1. The SMILES string of the molecule is Nc1nc2cc(Br)ccc2n1CCC(=O)N1CCCCC1. The molecule has 112 valence electrons. The summed E-state index contributed by atoms with van der Waals surface area (Å²) >= 11 is 3.43. The van der Waals surface area contributed by atoms with Crippen LogP contribution in [0.4, 0.5) is 5.95 Å². The summed E-state index contributed by atoms with van der Waals surface area (Å²) in [6, 6.07) is 5.88. The molecule has 1 aliphatic rings. The molecule has 21 heavy (non-hydrogen) atoms. The largest absolute Gasteiger partial charge is 0.369 e. The molecule has 1 saturated heterocycles. The highest BCUT2D eigenvalue weighted by atomic mass is 79.9. The minimum atomic E-state index is 0.216. The fraction of sp³-hybridized carbons (Fsp3) is 0.467. The number of amides is 1. The van der Waals surface area contributed by atoms with Crippen LogP contribution in [0.3, 0.4) is 0 Å². The van der Waals surface area contributed by atoms with E-state index in [0.717, 1.165) is 41.4 Å². The lowest BCUT2D eigenvalue weighted by molar-refractivity contribution is -0.132. The molecule has 1 amide bonds. The van der Waals surface area contributed by atoms with E-state index in [4.69, 9.17) is 5.73 Å². The second kappa shape index (κ2) is 6.05. The lowest BCUT2D eigenvalue weighted by Crippen LogP contribution is -2.36. The average molecular weight is 351 g/mol. The van der Waals surface area contributed by atoms with Gasteiger partial charge in [-0.25, -0.2) is 4.98 Å². The molecule has 3 rings (SSSR count). The van der Waals surface area contributed by atoms with Gasteiger partial charge in [-0.2, -0.15) is 0 Å². The molecule has 0 atom stereocenters. The lowest BCUT2D eigenvalue weighted by atomic mass is 10.1. The van der Waals surface area contributed by atoms with E-state index in [1.165, 1.54) is 6.42 Å². The molecule has 0 unspecified atom stereocenters. The summed E-state index contributed by atoms with van der Waals surface area (Å²) in [5, 5.41) is 0. The Kier molecular flexibility index (Phi) is 4.14. The van der Waals surface area contributed by atoms with Crippen LogP contribution in [-0.4, -0.2) is 33.4 Å². The Balaban J connectivity index is 1.72. The van der Waals surface area contributed by atoms with Crippen LogP contribution in [0.25, 0.3) is 11.0 Å². The van der Waals surface area contributed by atoms with E-state index >= 15 is 0 Å². The Hall–Kier alpha value is -1.56. The molecule has 1 aromatic carbocycles. The number of anilines is 1. The molecule has 2 aromatic rings. The van der Waals surface area contributed by atoms with E-state index in [0.29, 0.717) is 18.9 Å². The Morgan fingerprint density at radius 3 is 2.81 bits per heavy atom. The maximum Gasteiger partial charge on any atom is 0.224 e. The van der Waals surface area contributed by atoms with E-state index in [2.05, 4.69) is 20.9 Å². The Labute approximate surface area is 132 Å². The number of nitrogens with two attached hydrogens (primary N) is 1. The second-order valence-corrected chi connectivity index (χ2v) is 6.36. The minimum Gasteiger partial charge on any atom is -0.369 e. The van der Waals surface area contributed by atoms with Gasteiger partial charge in [-0.15, -0.1) is 0 Å². The minimum absolute atomic E-state index is 0.216. The quantitative estimate of drug-likeness (QED) is 0.925. The molecule has 0 saturated carbocycles. The van der Waals surface area contributed by atoms with Gasteiger partial charge >= 0.3 is 0 Å². The maximum atomic E-state index is 12.2. The van der Waals surface area contributed by atoms with Crippen LogP contribution in [0.2, 0.25) is 0 Å². The van der Waals surface area contributed by atoms with E-state index in [1.807, 2.05) is 27.7 Å². The van der Waals surface area contributed by atoms with Crippen molar-refractivity contribution in [3.63, 3.8) is 0 Å². The van der Waals surface area contributed by atoms with Crippen molar-refractivity contribution in [3.05, 3.63) is 22.7 Å². The number of carbonyl (C=O) groups is 1. The molecule has 0 aliphatic carbocycles. The number of fused-ring (bicyclic) bond motifs is 1. The molecule has 1 fully saturated rings. The number of imidazole rings is 1. The number of aromatic nitrogens is 2. The summed E-state index contributed by atoms with van der Waals surface area (Å²) in [4.78, 5) is 18.6. The van der Waals surface area contributed by atoms with Crippen molar-refractivity contribution in [3.8, 4) is 0 Å². The summed E-state index contributed by atoms with van der Waals surface area (Å²) in [5.74, 6) is 0.683. The molecule has 2 heterocycles. The topological polar surface area (TPSA) is 64.1 Å². The molecule has 0 bridgehead atoms. The lowest BCUT2D eigenvalue weighted by Gasteiger charge is -2.26. The van der Waals surface area contributed by atoms with Gasteiger partial charge in [-0.1, -0.05) is 15.9 Å². The fourth-order valence-electron chi connectivity index (χ4n) is 2.87. The van der Waals surface area contributed by atoms with E-state index < -0.39 is 0 Å². The second-order valence-electron chi connectivity index (χ2n) is 5.45. The fourth-order valence-corrected chi connectivity index (χ4v) is 3.21. The van der Waals surface area contributed by atoms with Crippen molar-refractivity contribution in [2.24, 2.45) is 0 Å². The number of nitrogen functional groups attached to an aromatic ring is 1. The zero-order valence-corrected chi connectivity index (χ0v) is 13.5. The molecular formula is C15H19BrN4O. The number of hydrogen-bond donors (Lipinski definition) is 1. The summed E-state index contributed by atoms with van der Waals surface area (Å²) < 4.78 is 2.90. The van der Waals surface area contributed by atoms with Gasteiger partial charge in [-0.05, 0) is 37.5 Å². The van der Waals surface area contributed by atoms with Crippen molar-refractivity contribution < 1.29 is 4.79 Å². The van der Waals surface area contributed by atoms with Crippen molar-refractivity contribution >= 4 is 38.8 Å². The van der Waals surface area contributed by atoms with Crippen LogP contribution >= 0.6 is 15.9 Å². The number of hydrogen-bond acceptors (Lipinski definition) is 3. The maximum absolute atomic E-state index is 12.2. The summed E-state index contributed by atoms with van der Waals surface area (Å²) in [6.45, 7) is 2.37. The summed E-state index contributed by atoms with van der Waals surface area (Å²) in [5.41, 5.74) is 7.81. The molecule has 0 radical (unpaired) electrons.